The average Bonchev–Trinajstić information content (AvgIpc) is 2.81. The van der Waals surface area contributed by atoms with Gasteiger partial charge >= 0.3 is 6.03 Å². The average molecular weight is 446 g/mol. The number of halogens is 1. The van der Waals surface area contributed by atoms with Crippen LogP contribution in [-0.2, 0) is 16.1 Å². The largest absolute Gasteiger partial charge is 0.350 e. The van der Waals surface area contributed by atoms with Crippen molar-refractivity contribution in [2.24, 2.45) is 0 Å². The Kier molecular flexibility index (Phi) is 6.35. The number of carbonyl (C=O) groups excluding carboxylic acids is 3. The van der Waals surface area contributed by atoms with Crippen LogP contribution < -0.4 is 20.4 Å². The number of nitrogens with one attached hydrogen (secondary N) is 2. The fourth-order valence-corrected chi connectivity index (χ4v) is 3.59. The van der Waals surface area contributed by atoms with Crippen LogP contribution in [0.15, 0.2) is 72.8 Å². The molecule has 7 nitrogen and oxygen atoms in total. The summed E-state index contributed by atoms with van der Waals surface area (Å²) in [7, 11) is 0. The minimum atomic E-state index is -0.435. The zero-order valence-electron chi connectivity index (χ0n) is 18.0. The molecule has 0 atom stereocenters. The van der Waals surface area contributed by atoms with Crippen molar-refractivity contribution >= 4 is 34.9 Å². The molecular formula is C25H23FN4O3. The van der Waals surface area contributed by atoms with Crippen LogP contribution in [-0.4, -0.2) is 30.9 Å². The highest BCUT2D eigenvalue weighted by molar-refractivity contribution is 6.15. The molecule has 4 amide bonds. The van der Waals surface area contributed by atoms with Gasteiger partial charge in [-0.3, -0.25) is 19.4 Å². The third kappa shape index (κ3) is 5.17. The first-order chi connectivity index (χ1) is 15.9. The first-order valence-electron chi connectivity index (χ1n) is 10.5. The molecule has 0 bridgehead atoms. The van der Waals surface area contributed by atoms with E-state index in [0.717, 1.165) is 5.56 Å². The SMILES string of the molecule is Cc1ccc(NC(=O)N2CC(=O)N(CC(=O)NCc3cccc(F)c3)c3ccccc32)cc1. The second-order valence-electron chi connectivity index (χ2n) is 7.76. The normalized spacial score (nSPS) is 12.8. The fraction of sp³-hybridized carbons (Fsp3) is 0.160. The molecule has 0 saturated carbocycles. The number of carbonyl (C=O) groups is 3. The molecule has 0 saturated heterocycles. The Balaban J connectivity index is 1.47. The van der Waals surface area contributed by atoms with Gasteiger partial charge in [-0.2, -0.15) is 0 Å². The van der Waals surface area contributed by atoms with Crippen molar-refractivity contribution in [1.29, 1.82) is 0 Å². The van der Waals surface area contributed by atoms with Crippen molar-refractivity contribution in [1.82, 2.24) is 5.32 Å². The van der Waals surface area contributed by atoms with Crippen LogP contribution in [0.2, 0.25) is 0 Å². The molecule has 33 heavy (non-hydrogen) atoms. The summed E-state index contributed by atoms with van der Waals surface area (Å²) in [5.41, 5.74) is 3.30. The van der Waals surface area contributed by atoms with Gasteiger partial charge in [0.2, 0.25) is 11.8 Å². The Morgan fingerprint density at radius 3 is 2.42 bits per heavy atom. The summed E-state index contributed by atoms with van der Waals surface area (Å²) < 4.78 is 13.3. The van der Waals surface area contributed by atoms with Crippen LogP contribution in [0.25, 0.3) is 0 Å². The van der Waals surface area contributed by atoms with Crippen LogP contribution in [0, 0.1) is 12.7 Å². The summed E-state index contributed by atoms with van der Waals surface area (Å²) in [4.78, 5) is 41.0. The van der Waals surface area contributed by atoms with Crippen molar-refractivity contribution in [3.05, 3.63) is 89.7 Å². The second kappa shape index (κ2) is 9.52. The highest BCUT2D eigenvalue weighted by atomic mass is 19.1. The Labute approximate surface area is 190 Å². The lowest BCUT2D eigenvalue weighted by atomic mass is 10.1. The highest BCUT2D eigenvalue weighted by Gasteiger charge is 2.33. The predicted molar refractivity (Wildman–Crippen MR) is 125 cm³/mol. The number of amides is 4. The molecule has 0 aliphatic carbocycles. The molecule has 1 heterocycles. The number of hydrogen-bond donors (Lipinski definition) is 2. The van der Waals surface area contributed by atoms with Gasteiger partial charge in [-0.15, -0.1) is 0 Å². The number of benzene rings is 3. The summed E-state index contributed by atoms with van der Waals surface area (Å²) >= 11 is 0. The molecule has 8 heteroatoms. The van der Waals surface area contributed by atoms with E-state index >= 15 is 0 Å². The Morgan fingerprint density at radius 2 is 1.70 bits per heavy atom. The van der Waals surface area contributed by atoms with Gasteiger partial charge in [0, 0.05) is 12.2 Å². The van der Waals surface area contributed by atoms with Crippen LogP contribution in [0.1, 0.15) is 11.1 Å². The van der Waals surface area contributed by atoms with E-state index in [-0.39, 0.29) is 37.3 Å². The lowest BCUT2D eigenvalue weighted by Crippen LogP contribution is -2.51. The molecule has 0 aromatic heterocycles. The van der Waals surface area contributed by atoms with Crippen molar-refractivity contribution in [2.45, 2.75) is 13.5 Å². The molecule has 0 fully saturated rings. The molecule has 168 valence electrons. The maximum absolute atomic E-state index is 13.3. The summed E-state index contributed by atoms with van der Waals surface area (Å²) in [5, 5.41) is 5.51. The van der Waals surface area contributed by atoms with Crippen molar-refractivity contribution in [2.75, 3.05) is 28.2 Å². The Hall–Kier alpha value is -4.20. The molecule has 2 N–H and O–H groups in total. The summed E-state index contributed by atoms with van der Waals surface area (Å²) in [6.07, 6.45) is 0. The molecule has 4 rings (SSSR count). The van der Waals surface area contributed by atoms with E-state index in [2.05, 4.69) is 10.6 Å². The van der Waals surface area contributed by atoms with Crippen molar-refractivity contribution in [3.63, 3.8) is 0 Å². The third-order valence-corrected chi connectivity index (χ3v) is 5.29. The predicted octanol–water partition coefficient (Wildman–Crippen LogP) is 3.84. The number of urea groups is 1. The summed E-state index contributed by atoms with van der Waals surface area (Å²) in [6, 6.07) is 19.8. The van der Waals surface area contributed by atoms with Gasteiger partial charge in [-0.1, -0.05) is 42.0 Å². The molecule has 3 aromatic rings. The standard InChI is InChI=1S/C25H23FN4O3/c1-17-9-11-20(12-10-17)28-25(33)30-16-24(32)29(21-7-2-3-8-22(21)30)15-23(31)27-14-18-5-4-6-19(26)13-18/h2-13H,14-16H2,1H3,(H,27,31)(H,28,33). The number of aryl methyl sites for hydroxylation is 1. The van der Waals surface area contributed by atoms with E-state index < -0.39 is 6.03 Å². The van der Waals surface area contributed by atoms with Crippen LogP contribution >= 0.6 is 0 Å². The highest BCUT2D eigenvalue weighted by Crippen LogP contribution is 2.33. The van der Waals surface area contributed by atoms with Crippen LogP contribution in [0.4, 0.5) is 26.2 Å². The summed E-state index contributed by atoms with van der Waals surface area (Å²) in [5.74, 6) is -1.15. The minimum Gasteiger partial charge on any atom is -0.350 e. The number of nitrogens with zero attached hydrogens (tertiary/aromatic N) is 2. The number of fused-ring (bicyclic) bond motifs is 1. The van der Waals surface area contributed by atoms with Gasteiger partial charge in [-0.25, -0.2) is 9.18 Å². The molecule has 1 aliphatic heterocycles. The number of para-hydroxylation sites is 2. The fourth-order valence-electron chi connectivity index (χ4n) is 3.59. The topological polar surface area (TPSA) is 81.8 Å². The first kappa shape index (κ1) is 22.0. The molecule has 1 aliphatic rings. The molecule has 0 spiro atoms. The van der Waals surface area contributed by atoms with E-state index in [1.165, 1.54) is 21.9 Å². The lowest BCUT2D eigenvalue weighted by Gasteiger charge is -2.35. The minimum absolute atomic E-state index is 0.144. The second-order valence-corrected chi connectivity index (χ2v) is 7.76. The van der Waals surface area contributed by atoms with Crippen LogP contribution in [0.5, 0.6) is 0 Å². The zero-order chi connectivity index (χ0) is 23.4. The number of hydrogen-bond acceptors (Lipinski definition) is 3. The van der Waals surface area contributed by atoms with Crippen molar-refractivity contribution in [3.8, 4) is 0 Å². The molecule has 0 unspecified atom stereocenters. The maximum atomic E-state index is 13.3. The maximum Gasteiger partial charge on any atom is 0.326 e. The van der Waals surface area contributed by atoms with E-state index in [1.54, 1.807) is 48.5 Å². The van der Waals surface area contributed by atoms with E-state index in [9.17, 15) is 18.8 Å². The van der Waals surface area contributed by atoms with Gasteiger partial charge in [0.1, 0.15) is 18.9 Å². The summed E-state index contributed by atoms with van der Waals surface area (Å²) in [6.45, 7) is 1.68. The van der Waals surface area contributed by atoms with Gasteiger partial charge in [0.25, 0.3) is 0 Å². The Bertz CT molecular complexity index is 1200. The molecule has 3 aromatic carbocycles. The number of anilines is 3. The Morgan fingerprint density at radius 1 is 0.970 bits per heavy atom. The monoisotopic (exact) mass is 446 g/mol. The van der Waals surface area contributed by atoms with E-state index in [1.807, 2.05) is 19.1 Å². The van der Waals surface area contributed by atoms with Gasteiger partial charge in [0.15, 0.2) is 0 Å². The zero-order valence-corrected chi connectivity index (χ0v) is 18.0. The van der Waals surface area contributed by atoms with Gasteiger partial charge in [-0.05, 0) is 48.9 Å². The smallest absolute Gasteiger partial charge is 0.326 e. The third-order valence-electron chi connectivity index (χ3n) is 5.29. The molecule has 0 radical (unpaired) electrons. The quantitative estimate of drug-likeness (QED) is 0.625. The van der Waals surface area contributed by atoms with Crippen LogP contribution in [0.3, 0.4) is 0 Å². The van der Waals surface area contributed by atoms with Crippen molar-refractivity contribution < 1.29 is 18.8 Å². The van der Waals surface area contributed by atoms with E-state index in [0.29, 0.717) is 22.6 Å². The first-order valence-corrected chi connectivity index (χ1v) is 10.5. The lowest BCUT2D eigenvalue weighted by molar-refractivity contribution is -0.123. The van der Waals surface area contributed by atoms with Gasteiger partial charge < -0.3 is 10.6 Å². The van der Waals surface area contributed by atoms with Gasteiger partial charge in [0.05, 0.1) is 11.4 Å². The number of rotatable bonds is 5. The van der Waals surface area contributed by atoms with E-state index in [4.69, 9.17) is 0 Å². The molecular weight excluding hydrogens is 423 g/mol.